The van der Waals surface area contributed by atoms with Gasteiger partial charge >= 0.3 is 0 Å². The predicted octanol–water partition coefficient (Wildman–Crippen LogP) is 6.77. The van der Waals surface area contributed by atoms with Crippen molar-refractivity contribution in [2.75, 3.05) is 19.6 Å². The molecule has 1 heterocycles. The minimum atomic E-state index is -0.599. The van der Waals surface area contributed by atoms with Gasteiger partial charge in [-0.05, 0) is 45.2 Å². The van der Waals surface area contributed by atoms with Crippen LogP contribution in [-0.2, 0) is 4.79 Å². The first kappa shape index (κ1) is 29.2. The Morgan fingerprint density at radius 1 is 0.844 bits per heavy atom. The van der Waals surface area contributed by atoms with Crippen LogP contribution in [0.25, 0.3) is 0 Å². The fourth-order valence-electron chi connectivity index (χ4n) is 4.59. The van der Waals surface area contributed by atoms with Crippen LogP contribution in [-0.4, -0.2) is 47.7 Å². The molecule has 32 heavy (non-hydrogen) atoms. The molecule has 1 aliphatic heterocycles. The van der Waals surface area contributed by atoms with E-state index in [1.165, 1.54) is 83.5 Å². The van der Waals surface area contributed by atoms with Gasteiger partial charge in [0, 0.05) is 13.0 Å². The van der Waals surface area contributed by atoms with Gasteiger partial charge in [0.15, 0.2) is 0 Å². The van der Waals surface area contributed by atoms with Gasteiger partial charge in [-0.15, -0.1) is 0 Å². The largest absolute Gasteiger partial charge is 0.387 e. The summed E-state index contributed by atoms with van der Waals surface area (Å²) in [6, 6.07) is -0.198. The van der Waals surface area contributed by atoms with E-state index in [2.05, 4.69) is 30.1 Å². The molecular weight excluding hydrogens is 396 g/mol. The summed E-state index contributed by atoms with van der Waals surface area (Å²) in [5, 5.41) is 13.9. The molecule has 2 atom stereocenters. The molecule has 1 saturated heterocycles. The van der Waals surface area contributed by atoms with E-state index in [9.17, 15) is 9.90 Å². The Morgan fingerprint density at radius 2 is 1.38 bits per heavy atom. The number of aliphatic hydroxyl groups excluding tert-OH is 1. The second-order valence-corrected chi connectivity index (χ2v) is 9.88. The Labute approximate surface area is 199 Å². The van der Waals surface area contributed by atoms with Gasteiger partial charge in [0.05, 0.1) is 12.1 Å². The van der Waals surface area contributed by atoms with Crippen LogP contribution in [0.5, 0.6) is 0 Å². The van der Waals surface area contributed by atoms with Gasteiger partial charge in [0.25, 0.3) is 0 Å². The van der Waals surface area contributed by atoms with Crippen molar-refractivity contribution in [2.45, 2.75) is 142 Å². The molecule has 0 aliphatic carbocycles. The molecule has 0 spiro atoms. The third-order valence-corrected chi connectivity index (χ3v) is 6.73. The summed E-state index contributed by atoms with van der Waals surface area (Å²) in [5.74, 6) is 0.0838. The van der Waals surface area contributed by atoms with Gasteiger partial charge < -0.3 is 15.3 Å². The van der Waals surface area contributed by atoms with E-state index in [4.69, 9.17) is 0 Å². The molecule has 0 radical (unpaired) electrons. The van der Waals surface area contributed by atoms with Gasteiger partial charge in [-0.3, -0.25) is 4.79 Å². The molecular formula is C28H54N2O2. The Kier molecular flexibility index (Phi) is 18.9. The van der Waals surface area contributed by atoms with E-state index in [0.717, 1.165) is 45.3 Å². The zero-order valence-electron chi connectivity index (χ0n) is 21.5. The van der Waals surface area contributed by atoms with E-state index in [0.29, 0.717) is 6.42 Å². The Bertz CT molecular complexity index is 460. The summed E-state index contributed by atoms with van der Waals surface area (Å²) in [5.41, 5.74) is 0. The lowest BCUT2D eigenvalue weighted by atomic mass is 10.0. The van der Waals surface area contributed by atoms with Crippen LogP contribution in [0, 0.1) is 0 Å². The smallest absolute Gasteiger partial charge is 0.220 e. The third kappa shape index (κ3) is 15.9. The van der Waals surface area contributed by atoms with E-state index < -0.39 is 6.10 Å². The second-order valence-electron chi connectivity index (χ2n) is 9.88. The highest BCUT2D eigenvalue weighted by molar-refractivity contribution is 5.76. The normalized spacial score (nSPS) is 16.6. The summed E-state index contributed by atoms with van der Waals surface area (Å²) in [6.45, 7) is 7.34. The molecule has 0 aromatic rings. The fourth-order valence-corrected chi connectivity index (χ4v) is 4.59. The average molecular weight is 451 g/mol. The van der Waals surface area contributed by atoms with Crippen LogP contribution < -0.4 is 5.32 Å². The number of likely N-dealkylation sites (tertiary alicyclic amines) is 1. The molecule has 2 unspecified atom stereocenters. The molecule has 4 heteroatoms. The summed E-state index contributed by atoms with van der Waals surface area (Å²) in [6.07, 6.45) is 25.5. The van der Waals surface area contributed by atoms with Gasteiger partial charge in [0.1, 0.15) is 0 Å². The number of carbonyl (C=O) groups is 1. The van der Waals surface area contributed by atoms with Crippen molar-refractivity contribution in [3.63, 3.8) is 0 Å². The molecule has 0 aromatic carbocycles. The number of rotatable bonds is 21. The highest BCUT2D eigenvalue weighted by Crippen LogP contribution is 2.13. The molecule has 2 N–H and O–H groups in total. The molecule has 1 fully saturated rings. The molecule has 1 amide bonds. The SMILES string of the molecule is CCCCCCCCCCCCC/C=C/C(O)C(CN1CCCC1)NC(=O)CCCCC. The third-order valence-electron chi connectivity index (χ3n) is 6.73. The minimum absolute atomic E-state index is 0.0838. The van der Waals surface area contributed by atoms with Crippen LogP contribution in [0.3, 0.4) is 0 Å². The van der Waals surface area contributed by atoms with Crippen molar-refractivity contribution in [2.24, 2.45) is 0 Å². The van der Waals surface area contributed by atoms with Crippen molar-refractivity contribution in [1.82, 2.24) is 10.2 Å². The van der Waals surface area contributed by atoms with Crippen molar-refractivity contribution in [1.29, 1.82) is 0 Å². The van der Waals surface area contributed by atoms with Gasteiger partial charge in [-0.2, -0.15) is 0 Å². The van der Waals surface area contributed by atoms with Crippen molar-refractivity contribution in [3.05, 3.63) is 12.2 Å². The Hall–Kier alpha value is -0.870. The van der Waals surface area contributed by atoms with E-state index in [-0.39, 0.29) is 11.9 Å². The first-order valence-electron chi connectivity index (χ1n) is 14.0. The van der Waals surface area contributed by atoms with Crippen molar-refractivity contribution < 1.29 is 9.90 Å². The van der Waals surface area contributed by atoms with Gasteiger partial charge in [-0.1, -0.05) is 103 Å². The Balaban J connectivity index is 2.19. The number of hydrogen-bond donors (Lipinski definition) is 2. The lowest BCUT2D eigenvalue weighted by Crippen LogP contribution is -2.49. The maximum Gasteiger partial charge on any atom is 0.220 e. The molecule has 0 aromatic heterocycles. The summed E-state index contributed by atoms with van der Waals surface area (Å²) >= 11 is 0. The first-order chi connectivity index (χ1) is 15.7. The molecule has 1 rings (SSSR count). The number of carbonyl (C=O) groups excluding carboxylic acids is 1. The number of nitrogens with zero attached hydrogens (tertiary/aromatic N) is 1. The standard InChI is InChI=1S/C28H54N2O2/c1-3-5-7-8-9-10-11-12-13-14-15-16-18-21-27(31)26(25-30-23-19-20-24-30)29-28(32)22-17-6-4-2/h18,21,26-27,31H,3-17,19-20,22-25H2,1-2H3,(H,29,32)/b21-18+. The molecule has 0 bridgehead atoms. The maximum atomic E-state index is 12.3. The van der Waals surface area contributed by atoms with E-state index in [1.807, 2.05) is 6.08 Å². The fraction of sp³-hybridized carbons (Fsp3) is 0.893. The zero-order chi connectivity index (χ0) is 23.3. The summed E-state index contributed by atoms with van der Waals surface area (Å²) in [7, 11) is 0. The minimum Gasteiger partial charge on any atom is -0.387 e. The molecule has 1 aliphatic rings. The van der Waals surface area contributed by atoms with Crippen LogP contribution in [0.2, 0.25) is 0 Å². The summed E-state index contributed by atoms with van der Waals surface area (Å²) < 4.78 is 0. The summed E-state index contributed by atoms with van der Waals surface area (Å²) in [4.78, 5) is 14.7. The lowest BCUT2D eigenvalue weighted by molar-refractivity contribution is -0.122. The predicted molar refractivity (Wildman–Crippen MR) is 138 cm³/mol. The average Bonchev–Trinajstić information content (AvgIpc) is 3.29. The van der Waals surface area contributed by atoms with Crippen LogP contribution in [0.15, 0.2) is 12.2 Å². The lowest BCUT2D eigenvalue weighted by Gasteiger charge is -2.27. The van der Waals surface area contributed by atoms with Crippen LogP contribution in [0.4, 0.5) is 0 Å². The number of amides is 1. The molecule has 4 nitrogen and oxygen atoms in total. The quantitative estimate of drug-likeness (QED) is 0.150. The number of hydrogen-bond acceptors (Lipinski definition) is 3. The number of unbranched alkanes of at least 4 members (excludes halogenated alkanes) is 13. The highest BCUT2D eigenvalue weighted by atomic mass is 16.3. The molecule has 0 saturated carbocycles. The number of nitrogens with one attached hydrogen (secondary N) is 1. The van der Waals surface area contributed by atoms with E-state index in [1.54, 1.807) is 0 Å². The topological polar surface area (TPSA) is 52.6 Å². The van der Waals surface area contributed by atoms with Crippen LogP contribution in [0.1, 0.15) is 129 Å². The maximum absolute atomic E-state index is 12.3. The number of allylic oxidation sites excluding steroid dienone is 1. The van der Waals surface area contributed by atoms with Gasteiger partial charge in [0.2, 0.25) is 5.91 Å². The second kappa shape index (κ2) is 20.7. The monoisotopic (exact) mass is 450 g/mol. The van der Waals surface area contributed by atoms with Gasteiger partial charge in [-0.25, -0.2) is 0 Å². The van der Waals surface area contributed by atoms with E-state index >= 15 is 0 Å². The highest BCUT2D eigenvalue weighted by Gasteiger charge is 2.23. The molecule has 188 valence electrons. The number of aliphatic hydroxyl groups is 1. The Morgan fingerprint density at radius 3 is 1.97 bits per heavy atom. The zero-order valence-corrected chi connectivity index (χ0v) is 21.5. The van der Waals surface area contributed by atoms with Crippen molar-refractivity contribution >= 4 is 5.91 Å². The van der Waals surface area contributed by atoms with Crippen LogP contribution >= 0.6 is 0 Å². The first-order valence-corrected chi connectivity index (χ1v) is 14.0. The van der Waals surface area contributed by atoms with Crippen molar-refractivity contribution in [3.8, 4) is 0 Å².